The zero-order chi connectivity index (χ0) is 18.4. The summed E-state index contributed by atoms with van der Waals surface area (Å²) in [5.74, 6) is 0.320. The molecule has 1 aliphatic heterocycles. The van der Waals surface area contributed by atoms with E-state index in [4.69, 9.17) is 9.47 Å². The Morgan fingerprint density at radius 3 is 2.58 bits per heavy atom. The van der Waals surface area contributed by atoms with Crippen LogP contribution in [0, 0.1) is 0 Å². The van der Waals surface area contributed by atoms with Crippen LogP contribution in [0.2, 0.25) is 0 Å². The smallest absolute Gasteiger partial charge is 0.326 e. The van der Waals surface area contributed by atoms with E-state index in [2.05, 4.69) is 4.98 Å². The topological polar surface area (TPSA) is 89.0 Å². The van der Waals surface area contributed by atoms with Crippen LogP contribution in [0.4, 0.5) is 0 Å². The summed E-state index contributed by atoms with van der Waals surface area (Å²) in [6.45, 7) is 0.264. The molecular formula is C19H20N2O5. The largest absolute Gasteiger partial charge is 0.484 e. The third-order valence-corrected chi connectivity index (χ3v) is 4.15. The zero-order valence-electron chi connectivity index (χ0n) is 14.2. The second-order valence-corrected chi connectivity index (χ2v) is 5.97. The van der Waals surface area contributed by atoms with Crippen LogP contribution in [0.3, 0.4) is 0 Å². The van der Waals surface area contributed by atoms with Gasteiger partial charge in [-0.15, -0.1) is 0 Å². The molecule has 7 heteroatoms. The summed E-state index contributed by atoms with van der Waals surface area (Å²) < 4.78 is 11.1. The van der Waals surface area contributed by atoms with Gasteiger partial charge < -0.3 is 19.5 Å². The fourth-order valence-corrected chi connectivity index (χ4v) is 2.85. The van der Waals surface area contributed by atoms with Crippen LogP contribution in [0.15, 0.2) is 48.7 Å². The van der Waals surface area contributed by atoms with Crippen molar-refractivity contribution < 1.29 is 24.2 Å². The molecule has 1 fully saturated rings. The van der Waals surface area contributed by atoms with Crippen LogP contribution < -0.4 is 9.47 Å². The van der Waals surface area contributed by atoms with Gasteiger partial charge in [0.2, 0.25) is 5.88 Å². The number of hydrogen-bond donors (Lipinski definition) is 1. The first kappa shape index (κ1) is 17.7. The summed E-state index contributed by atoms with van der Waals surface area (Å²) >= 11 is 0. The van der Waals surface area contributed by atoms with E-state index in [-0.39, 0.29) is 12.5 Å². The molecule has 1 aliphatic rings. The lowest BCUT2D eigenvalue weighted by Gasteiger charge is -2.32. The minimum atomic E-state index is -0.964. The van der Waals surface area contributed by atoms with Gasteiger partial charge in [0, 0.05) is 18.8 Å². The number of benzene rings is 1. The van der Waals surface area contributed by atoms with Crippen LogP contribution in [-0.4, -0.2) is 46.1 Å². The van der Waals surface area contributed by atoms with E-state index in [1.165, 1.54) is 4.90 Å². The van der Waals surface area contributed by atoms with Gasteiger partial charge in [-0.1, -0.05) is 6.07 Å². The fourth-order valence-electron chi connectivity index (χ4n) is 2.85. The monoisotopic (exact) mass is 356 g/mol. The first-order chi connectivity index (χ1) is 12.6. The van der Waals surface area contributed by atoms with Crippen LogP contribution >= 0.6 is 0 Å². The van der Waals surface area contributed by atoms with Crippen molar-refractivity contribution in [2.45, 2.75) is 25.3 Å². The number of amides is 1. The van der Waals surface area contributed by atoms with E-state index in [0.717, 1.165) is 12.8 Å². The van der Waals surface area contributed by atoms with Crippen LogP contribution in [-0.2, 0) is 9.59 Å². The van der Waals surface area contributed by atoms with Crippen molar-refractivity contribution in [3.8, 4) is 17.4 Å². The molecule has 0 saturated carbocycles. The van der Waals surface area contributed by atoms with E-state index in [0.29, 0.717) is 30.3 Å². The molecule has 3 rings (SSSR count). The molecule has 1 amide bonds. The maximum absolute atomic E-state index is 12.3. The first-order valence-corrected chi connectivity index (χ1v) is 8.47. The van der Waals surface area contributed by atoms with Crippen molar-refractivity contribution in [2.75, 3.05) is 13.2 Å². The molecule has 1 N–H and O–H groups in total. The molecular weight excluding hydrogens is 336 g/mol. The molecule has 0 aliphatic carbocycles. The zero-order valence-corrected chi connectivity index (χ0v) is 14.2. The van der Waals surface area contributed by atoms with Crippen molar-refractivity contribution in [3.05, 3.63) is 48.7 Å². The molecule has 1 aromatic carbocycles. The second-order valence-electron chi connectivity index (χ2n) is 5.97. The number of likely N-dealkylation sites (tertiary alicyclic amines) is 1. The third kappa shape index (κ3) is 4.50. The number of hydrogen-bond acceptors (Lipinski definition) is 5. The highest BCUT2D eigenvalue weighted by atomic mass is 16.5. The van der Waals surface area contributed by atoms with Crippen LogP contribution in [0.1, 0.15) is 19.3 Å². The Morgan fingerprint density at radius 2 is 1.88 bits per heavy atom. The van der Waals surface area contributed by atoms with Gasteiger partial charge in [-0.05, 0) is 49.6 Å². The summed E-state index contributed by atoms with van der Waals surface area (Å²) in [5.41, 5.74) is 0. The lowest BCUT2D eigenvalue weighted by molar-refractivity contribution is -0.152. The number of rotatable bonds is 6. The molecule has 7 nitrogen and oxygen atoms in total. The molecule has 1 aromatic heterocycles. The minimum absolute atomic E-state index is 0.190. The molecule has 136 valence electrons. The SMILES string of the molecule is O=C(O)C1CCCCN1C(=O)COc1ccc(Oc2ccccn2)cc1. The predicted octanol–water partition coefficient (Wildman–Crippen LogP) is 2.72. The Hall–Kier alpha value is -3.09. The van der Waals surface area contributed by atoms with Gasteiger partial charge in [0.1, 0.15) is 17.5 Å². The van der Waals surface area contributed by atoms with Gasteiger partial charge in [0.05, 0.1) is 0 Å². The fraction of sp³-hybridized carbons (Fsp3) is 0.316. The number of carboxylic acids is 1. The van der Waals surface area contributed by atoms with Gasteiger partial charge in [0.15, 0.2) is 6.61 Å². The maximum Gasteiger partial charge on any atom is 0.326 e. The standard InChI is InChI=1S/C19H20N2O5/c22-18(21-12-4-2-5-16(21)19(23)24)13-25-14-7-9-15(10-8-14)26-17-6-1-3-11-20-17/h1,3,6-11,16H,2,4-5,12-13H2,(H,23,24). The predicted molar refractivity (Wildman–Crippen MR) is 93.2 cm³/mol. The van der Waals surface area contributed by atoms with Gasteiger partial charge in [-0.2, -0.15) is 0 Å². The van der Waals surface area contributed by atoms with Crippen molar-refractivity contribution in [3.63, 3.8) is 0 Å². The average Bonchev–Trinajstić information content (AvgIpc) is 2.68. The molecule has 1 atom stereocenters. The number of pyridine rings is 1. The number of aliphatic carboxylic acids is 1. The quantitative estimate of drug-likeness (QED) is 0.856. The highest BCUT2D eigenvalue weighted by molar-refractivity contribution is 5.84. The Balaban J connectivity index is 1.54. The highest BCUT2D eigenvalue weighted by Crippen LogP contribution is 2.23. The van der Waals surface area contributed by atoms with Gasteiger partial charge in [-0.3, -0.25) is 4.79 Å². The van der Waals surface area contributed by atoms with Gasteiger partial charge >= 0.3 is 5.97 Å². The lowest BCUT2D eigenvalue weighted by atomic mass is 10.0. The Morgan fingerprint density at radius 1 is 1.12 bits per heavy atom. The van der Waals surface area contributed by atoms with E-state index in [9.17, 15) is 14.7 Å². The first-order valence-electron chi connectivity index (χ1n) is 8.47. The summed E-state index contributed by atoms with van der Waals surface area (Å²) in [7, 11) is 0. The molecule has 0 radical (unpaired) electrons. The lowest BCUT2D eigenvalue weighted by Crippen LogP contribution is -2.49. The summed E-state index contributed by atoms with van der Waals surface area (Å²) in [4.78, 5) is 29.0. The normalized spacial score (nSPS) is 16.8. The molecule has 26 heavy (non-hydrogen) atoms. The van der Waals surface area contributed by atoms with Crippen molar-refractivity contribution in [2.24, 2.45) is 0 Å². The van der Waals surface area contributed by atoms with Crippen molar-refractivity contribution in [1.29, 1.82) is 0 Å². The third-order valence-electron chi connectivity index (χ3n) is 4.15. The molecule has 0 spiro atoms. The summed E-state index contributed by atoms with van der Waals surface area (Å²) in [5, 5.41) is 9.24. The second kappa shape index (κ2) is 8.33. The maximum atomic E-state index is 12.3. The van der Waals surface area contributed by atoms with Crippen molar-refractivity contribution >= 4 is 11.9 Å². The van der Waals surface area contributed by atoms with Crippen molar-refractivity contribution in [1.82, 2.24) is 9.88 Å². The molecule has 1 saturated heterocycles. The Kier molecular flexibility index (Phi) is 5.68. The van der Waals surface area contributed by atoms with E-state index < -0.39 is 12.0 Å². The molecule has 1 unspecified atom stereocenters. The van der Waals surface area contributed by atoms with E-state index in [1.54, 1.807) is 42.6 Å². The van der Waals surface area contributed by atoms with E-state index >= 15 is 0 Å². The number of nitrogens with zero attached hydrogens (tertiary/aromatic N) is 2. The number of carbonyl (C=O) groups is 2. The molecule has 2 aromatic rings. The minimum Gasteiger partial charge on any atom is -0.484 e. The van der Waals surface area contributed by atoms with Crippen LogP contribution in [0.25, 0.3) is 0 Å². The summed E-state index contributed by atoms with van der Waals surface area (Å²) in [6, 6.07) is 11.4. The van der Waals surface area contributed by atoms with Gasteiger partial charge in [0.25, 0.3) is 5.91 Å². The number of ether oxygens (including phenoxy) is 2. The average molecular weight is 356 g/mol. The number of carboxylic acid groups (broad SMARTS) is 1. The number of carbonyl (C=O) groups excluding carboxylic acids is 1. The Bertz CT molecular complexity index is 748. The van der Waals surface area contributed by atoms with E-state index in [1.807, 2.05) is 6.07 Å². The molecule has 2 heterocycles. The number of aromatic nitrogens is 1. The van der Waals surface area contributed by atoms with Crippen LogP contribution in [0.5, 0.6) is 17.4 Å². The summed E-state index contributed by atoms with van der Waals surface area (Å²) in [6.07, 6.45) is 3.76. The number of piperidine rings is 1. The highest BCUT2D eigenvalue weighted by Gasteiger charge is 2.31. The van der Waals surface area contributed by atoms with Gasteiger partial charge in [-0.25, -0.2) is 9.78 Å². The molecule has 0 bridgehead atoms. The Labute approximate surface area is 151 Å².